The van der Waals surface area contributed by atoms with E-state index in [1.54, 1.807) is 10.9 Å². The summed E-state index contributed by atoms with van der Waals surface area (Å²) < 4.78 is 1.57. The fraction of sp³-hybridized carbons (Fsp3) is 0.800. The smallest absolute Gasteiger partial charge is 0.242 e. The third kappa shape index (κ3) is 2.25. The quantitative estimate of drug-likeness (QED) is 0.853. The average Bonchev–Trinajstić information content (AvgIpc) is 3.19. The molecule has 5 unspecified atom stereocenters. The minimum absolute atomic E-state index is 0.0515. The van der Waals surface area contributed by atoms with Gasteiger partial charge in [0, 0.05) is 12.6 Å². The van der Waals surface area contributed by atoms with E-state index in [1.165, 1.54) is 32.1 Å². The summed E-state index contributed by atoms with van der Waals surface area (Å²) in [4.78, 5) is 12.2. The third-order valence-electron chi connectivity index (χ3n) is 5.88. The number of nitrogens with zero attached hydrogens (tertiary/aromatic N) is 3. The Balaban J connectivity index is 1.35. The van der Waals surface area contributed by atoms with Crippen molar-refractivity contribution in [1.29, 1.82) is 0 Å². The van der Waals surface area contributed by atoms with Crippen molar-refractivity contribution in [3.63, 3.8) is 0 Å². The lowest BCUT2D eigenvalue weighted by Crippen LogP contribution is -2.43. The predicted octanol–water partition coefficient (Wildman–Crippen LogP) is 0.678. The van der Waals surface area contributed by atoms with Gasteiger partial charge in [0.2, 0.25) is 5.91 Å². The summed E-state index contributed by atoms with van der Waals surface area (Å²) in [5, 5.41) is 11.1. The first-order chi connectivity index (χ1) is 10.2. The van der Waals surface area contributed by atoms with Gasteiger partial charge in [-0.1, -0.05) is 11.6 Å². The Morgan fingerprint density at radius 3 is 3.00 bits per heavy atom. The van der Waals surface area contributed by atoms with Gasteiger partial charge in [0.15, 0.2) is 0 Å². The fourth-order valence-electron chi connectivity index (χ4n) is 5.14. The van der Waals surface area contributed by atoms with E-state index >= 15 is 0 Å². The van der Waals surface area contributed by atoms with Crippen molar-refractivity contribution in [2.75, 3.05) is 0 Å². The summed E-state index contributed by atoms with van der Waals surface area (Å²) >= 11 is 0. The summed E-state index contributed by atoms with van der Waals surface area (Å²) in [6, 6.07) is 0.388. The van der Waals surface area contributed by atoms with E-state index in [0.717, 1.165) is 29.4 Å². The molecule has 6 nitrogen and oxygen atoms in total. The van der Waals surface area contributed by atoms with Crippen LogP contribution in [0.15, 0.2) is 6.20 Å². The van der Waals surface area contributed by atoms with Crippen LogP contribution < -0.4 is 11.1 Å². The van der Waals surface area contributed by atoms with Gasteiger partial charge in [-0.3, -0.25) is 4.79 Å². The van der Waals surface area contributed by atoms with E-state index < -0.39 is 0 Å². The lowest BCUT2D eigenvalue weighted by molar-refractivity contribution is -0.123. The number of carbonyl (C=O) groups is 1. The predicted molar refractivity (Wildman–Crippen MR) is 76.9 cm³/mol. The molecule has 3 N–H and O–H groups in total. The lowest BCUT2D eigenvalue weighted by atomic mass is 9.79. The number of nitrogens with one attached hydrogen (secondary N) is 1. The van der Waals surface area contributed by atoms with Crippen molar-refractivity contribution in [2.45, 2.75) is 51.2 Å². The Morgan fingerprint density at radius 2 is 2.19 bits per heavy atom. The van der Waals surface area contributed by atoms with Crippen molar-refractivity contribution in [3.8, 4) is 0 Å². The zero-order valence-electron chi connectivity index (χ0n) is 12.2. The molecular formula is C15H23N5O. The van der Waals surface area contributed by atoms with Gasteiger partial charge in [-0.05, 0) is 49.4 Å². The largest absolute Gasteiger partial charge is 0.351 e. The van der Waals surface area contributed by atoms with Gasteiger partial charge < -0.3 is 11.1 Å². The van der Waals surface area contributed by atoms with Gasteiger partial charge in [-0.25, -0.2) is 4.68 Å². The van der Waals surface area contributed by atoms with Crippen LogP contribution in [0.4, 0.5) is 0 Å². The van der Waals surface area contributed by atoms with Crippen LogP contribution in [-0.2, 0) is 17.9 Å². The molecule has 1 heterocycles. The van der Waals surface area contributed by atoms with Crippen LogP contribution in [0, 0.1) is 23.7 Å². The number of fused-ring (bicyclic) bond motifs is 5. The molecule has 0 aliphatic heterocycles. The Bertz CT molecular complexity index is 542. The number of carbonyl (C=O) groups excluding carboxylic acids is 1. The topological polar surface area (TPSA) is 85.8 Å². The lowest BCUT2D eigenvalue weighted by Gasteiger charge is -2.32. The Hall–Kier alpha value is -1.43. The van der Waals surface area contributed by atoms with Gasteiger partial charge in [0.1, 0.15) is 6.54 Å². The standard InChI is InChI=1S/C15H23N5O/c16-6-10-7-20(19-18-10)8-15(21)17-14-5-9-4-13(14)12-3-1-2-11(9)12/h7,9,11-14H,1-6,8,16H2,(H,17,21). The molecule has 6 heteroatoms. The molecule has 3 aliphatic carbocycles. The number of aromatic nitrogens is 3. The van der Waals surface area contributed by atoms with Crippen molar-refractivity contribution in [2.24, 2.45) is 29.4 Å². The van der Waals surface area contributed by atoms with Gasteiger partial charge in [0.25, 0.3) is 0 Å². The van der Waals surface area contributed by atoms with E-state index in [2.05, 4.69) is 15.6 Å². The first-order valence-electron chi connectivity index (χ1n) is 8.13. The summed E-state index contributed by atoms with van der Waals surface area (Å²) in [6.07, 6.45) is 8.45. The molecule has 1 aromatic heterocycles. The maximum Gasteiger partial charge on any atom is 0.242 e. The molecule has 0 spiro atoms. The maximum atomic E-state index is 12.2. The van der Waals surface area contributed by atoms with Crippen molar-refractivity contribution < 1.29 is 4.79 Å². The molecule has 1 amide bonds. The van der Waals surface area contributed by atoms with E-state index in [4.69, 9.17) is 5.73 Å². The molecule has 1 aromatic rings. The Kier molecular flexibility index (Phi) is 3.21. The van der Waals surface area contributed by atoms with Crippen LogP contribution in [-0.4, -0.2) is 26.9 Å². The minimum Gasteiger partial charge on any atom is -0.351 e. The molecule has 4 rings (SSSR count). The second-order valence-electron chi connectivity index (χ2n) is 6.94. The molecule has 3 saturated carbocycles. The maximum absolute atomic E-state index is 12.2. The second-order valence-corrected chi connectivity index (χ2v) is 6.94. The van der Waals surface area contributed by atoms with Crippen LogP contribution in [0.5, 0.6) is 0 Å². The molecule has 114 valence electrons. The second kappa shape index (κ2) is 5.09. The number of rotatable bonds is 4. The summed E-state index contributed by atoms with van der Waals surface area (Å²) in [5.74, 6) is 3.48. The third-order valence-corrected chi connectivity index (χ3v) is 5.88. The highest BCUT2D eigenvalue weighted by molar-refractivity contribution is 5.76. The van der Waals surface area contributed by atoms with E-state index in [1.807, 2.05) is 0 Å². The normalized spacial score (nSPS) is 36.9. The van der Waals surface area contributed by atoms with E-state index in [0.29, 0.717) is 12.6 Å². The highest BCUT2D eigenvalue weighted by Crippen LogP contribution is 2.58. The highest BCUT2D eigenvalue weighted by atomic mass is 16.2. The molecule has 0 radical (unpaired) electrons. The van der Waals surface area contributed by atoms with Gasteiger partial charge >= 0.3 is 0 Å². The van der Waals surface area contributed by atoms with Crippen LogP contribution in [0.2, 0.25) is 0 Å². The number of hydrogen-bond acceptors (Lipinski definition) is 4. The molecule has 3 aliphatic rings. The number of nitrogens with two attached hydrogens (primary N) is 1. The zero-order valence-corrected chi connectivity index (χ0v) is 12.2. The SMILES string of the molecule is NCc1cn(CC(=O)NC2CC3CC2C2CCCC32)nn1. The molecular weight excluding hydrogens is 266 g/mol. The van der Waals surface area contributed by atoms with E-state index in [9.17, 15) is 4.79 Å². The summed E-state index contributed by atoms with van der Waals surface area (Å²) in [5.41, 5.74) is 6.22. The zero-order chi connectivity index (χ0) is 14.4. The molecule has 21 heavy (non-hydrogen) atoms. The minimum atomic E-state index is 0.0515. The highest BCUT2D eigenvalue weighted by Gasteiger charge is 2.53. The van der Waals surface area contributed by atoms with Crippen molar-refractivity contribution >= 4 is 5.91 Å². The van der Waals surface area contributed by atoms with Crippen LogP contribution in [0.1, 0.15) is 37.8 Å². The molecule has 3 fully saturated rings. The average molecular weight is 289 g/mol. The Morgan fingerprint density at radius 1 is 1.33 bits per heavy atom. The van der Waals surface area contributed by atoms with Gasteiger partial charge in [-0.15, -0.1) is 5.10 Å². The first-order valence-corrected chi connectivity index (χ1v) is 8.13. The molecule has 2 bridgehead atoms. The summed E-state index contributed by atoms with van der Waals surface area (Å²) in [6.45, 7) is 0.603. The monoisotopic (exact) mass is 289 g/mol. The number of hydrogen-bond donors (Lipinski definition) is 2. The van der Waals surface area contributed by atoms with E-state index in [-0.39, 0.29) is 12.5 Å². The van der Waals surface area contributed by atoms with Gasteiger partial charge in [-0.2, -0.15) is 0 Å². The fourth-order valence-corrected chi connectivity index (χ4v) is 5.14. The number of amides is 1. The molecule has 0 saturated heterocycles. The summed E-state index contributed by atoms with van der Waals surface area (Å²) in [7, 11) is 0. The first kappa shape index (κ1) is 13.2. The van der Waals surface area contributed by atoms with Crippen LogP contribution in [0.25, 0.3) is 0 Å². The Labute approximate surface area is 124 Å². The van der Waals surface area contributed by atoms with Crippen LogP contribution >= 0.6 is 0 Å². The van der Waals surface area contributed by atoms with Crippen LogP contribution in [0.3, 0.4) is 0 Å². The van der Waals surface area contributed by atoms with Crippen molar-refractivity contribution in [1.82, 2.24) is 20.3 Å². The van der Waals surface area contributed by atoms with Crippen molar-refractivity contribution in [3.05, 3.63) is 11.9 Å². The molecule has 0 aromatic carbocycles. The molecule has 5 atom stereocenters. The van der Waals surface area contributed by atoms with Gasteiger partial charge in [0.05, 0.1) is 11.9 Å².